The zero-order valence-corrected chi connectivity index (χ0v) is 9.83. The van der Waals surface area contributed by atoms with Gasteiger partial charge in [-0.25, -0.2) is 0 Å². The van der Waals surface area contributed by atoms with Crippen LogP contribution in [0.25, 0.3) is 0 Å². The van der Waals surface area contributed by atoms with Crippen molar-refractivity contribution in [2.24, 2.45) is 11.8 Å². The molecule has 0 spiro atoms. The lowest BCUT2D eigenvalue weighted by Gasteiger charge is -2.34. The molecule has 1 rings (SSSR count). The molecular formula is C11H20N2O2. The Bertz CT molecular complexity index is 263. The van der Waals surface area contributed by atoms with Crippen molar-refractivity contribution in [1.29, 1.82) is 0 Å². The van der Waals surface area contributed by atoms with Crippen LogP contribution < -0.4 is 10.6 Å². The first-order valence-electron chi connectivity index (χ1n) is 5.58. The Morgan fingerprint density at radius 2 is 1.53 bits per heavy atom. The Kier molecular flexibility index (Phi) is 3.72. The number of piperazine rings is 1. The summed E-state index contributed by atoms with van der Waals surface area (Å²) >= 11 is 0. The summed E-state index contributed by atoms with van der Waals surface area (Å²) in [6.07, 6.45) is 0.880. The molecule has 1 fully saturated rings. The predicted octanol–water partition coefficient (Wildman–Crippen LogP) is 0.672. The molecule has 4 heteroatoms. The van der Waals surface area contributed by atoms with Crippen molar-refractivity contribution in [3.63, 3.8) is 0 Å². The van der Waals surface area contributed by atoms with E-state index in [0.29, 0.717) is 0 Å². The Morgan fingerprint density at radius 3 is 2.00 bits per heavy atom. The molecule has 0 radical (unpaired) electrons. The Morgan fingerprint density at radius 1 is 1.07 bits per heavy atom. The highest BCUT2D eigenvalue weighted by Crippen LogP contribution is 2.14. The highest BCUT2D eigenvalue weighted by molar-refractivity contribution is 5.97. The van der Waals surface area contributed by atoms with Gasteiger partial charge in [-0.2, -0.15) is 0 Å². The number of amides is 2. The monoisotopic (exact) mass is 212 g/mol. The van der Waals surface area contributed by atoms with Gasteiger partial charge in [0, 0.05) is 0 Å². The molecule has 0 aromatic carbocycles. The molecule has 1 aliphatic rings. The van der Waals surface area contributed by atoms with Crippen LogP contribution in [0.3, 0.4) is 0 Å². The minimum Gasteiger partial charge on any atom is -0.342 e. The van der Waals surface area contributed by atoms with Crippen LogP contribution in [0.15, 0.2) is 0 Å². The molecule has 1 saturated heterocycles. The summed E-state index contributed by atoms with van der Waals surface area (Å²) in [4.78, 5) is 23.4. The minimum atomic E-state index is -0.377. The summed E-state index contributed by atoms with van der Waals surface area (Å²) in [6.45, 7) is 7.83. The van der Waals surface area contributed by atoms with Gasteiger partial charge in [0.15, 0.2) is 0 Å². The van der Waals surface area contributed by atoms with Gasteiger partial charge in [-0.15, -0.1) is 0 Å². The lowest BCUT2D eigenvalue weighted by Crippen LogP contribution is -2.64. The van der Waals surface area contributed by atoms with Crippen LogP contribution in [0.1, 0.15) is 34.1 Å². The quantitative estimate of drug-likeness (QED) is 0.722. The molecule has 0 unspecified atom stereocenters. The molecule has 0 saturated carbocycles. The molecule has 3 atom stereocenters. The third-order valence-electron chi connectivity index (χ3n) is 3.04. The van der Waals surface area contributed by atoms with Gasteiger partial charge < -0.3 is 10.6 Å². The van der Waals surface area contributed by atoms with Gasteiger partial charge in [0.25, 0.3) is 0 Å². The fourth-order valence-corrected chi connectivity index (χ4v) is 1.72. The number of hydrogen-bond acceptors (Lipinski definition) is 2. The fraction of sp³-hybridized carbons (Fsp3) is 0.818. The normalized spacial score (nSPS) is 28.6. The zero-order chi connectivity index (χ0) is 11.6. The van der Waals surface area contributed by atoms with Crippen LogP contribution >= 0.6 is 0 Å². The summed E-state index contributed by atoms with van der Waals surface area (Å²) in [7, 11) is 0. The van der Waals surface area contributed by atoms with Gasteiger partial charge in [0.1, 0.15) is 12.1 Å². The molecule has 1 aliphatic heterocycles. The second kappa shape index (κ2) is 4.64. The van der Waals surface area contributed by atoms with Crippen molar-refractivity contribution < 1.29 is 9.59 Å². The van der Waals surface area contributed by atoms with Gasteiger partial charge in [-0.3, -0.25) is 9.59 Å². The van der Waals surface area contributed by atoms with E-state index in [1.54, 1.807) is 0 Å². The SMILES string of the molecule is CC[C@@H](C)[C@@H]1NC(=O)[C@H](C(C)C)NC1=O. The number of hydrogen-bond donors (Lipinski definition) is 2. The van der Waals surface area contributed by atoms with E-state index in [1.807, 2.05) is 27.7 Å². The molecule has 4 nitrogen and oxygen atoms in total. The summed E-state index contributed by atoms with van der Waals surface area (Å²) in [6, 6.07) is -0.740. The van der Waals surface area contributed by atoms with Gasteiger partial charge >= 0.3 is 0 Å². The van der Waals surface area contributed by atoms with Gasteiger partial charge in [-0.1, -0.05) is 34.1 Å². The van der Waals surface area contributed by atoms with E-state index in [4.69, 9.17) is 0 Å². The van der Waals surface area contributed by atoms with Crippen molar-refractivity contribution in [2.45, 2.75) is 46.2 Å². The lowest BCUT2D eigenvalue weighted by atomic mass is 9.93. The summed E-state index contributed by atoms with van der Waals surface area (Å²) < 4.78 is 0. The molecule has 1 heterocycles. The van der Waals surface area contributed by atoms with E-state index in [1.165, 1.54) is 0 Å². The molecule has 0 aliphatic carbocycles. The maximum absolute atomic E-state index is 11.7. The van der Waals surface area contributed by atoms with Crippen molar-refractivity contribution in [1.82, 2.24) is 10.6 Å². The molecule has 2 N–H and O–H groups in total. The van der Waals surface area contributed by atoms with Crippen molar-refractivity contribution >= 4 is 11.8 Å². The summed E-state index contributed by atoms with van der Waals surface area (Å²) in [5.41, 5.74) is 0. The van der Waals surface area contributed by atoms with Crippen molar-refractivity contribution in [3.8, 4) is 0 Å². The molecule has 15 heavy (non-hydrogen) atoms. The largest absolute Gasteiger partial charge is 0.342 e. The molecule has 0 bridgehead atoms. The summed E-state index contributed by atoms with van der Waals surface area (Å²) in [5, 5.41) is 5.58. The first-order chi connectivity index (χ1) is 6.97. The van der Waals surface area contributed by atoms with Gasteiger partial charge in [-0.05, 0) is 11.8 Å². The van der Waals surface area contributed by atoms with E-state index in [-0.39, 0.29) is 35.7 Å². The second-order valence-corrected chi connectivity index (χ2v) is 4.60. The minimum absolute atomic E-state index is 0.0531. The fourth-order valence-electron chi connectivity index (χ4n) is 1.72. The van der Waals surface area contributed by atoms with Crippen LogP contribution in [0.4, 0.5) is 0 Å². The van der Waals surface area contributed by atoms with E-state index in [0.717, 1.165) is 6.42 Å². The smallest absolute Gasteiger partial charge is 0.243 e. The number of carbonyl (C=O) groups excluding carboxylic acids is 2. The Hall–Kier alpha value is -1.06. The van der Waals surface area contributed by atoms with Crippen LogP contribution in [0, 0.1) is 11.8 Å². The lowest BCUT2D eigenvalue weighted by molar-refractivity contribution is -0.139. The average molecular weight is 212 g/mol. The highest BCUT2D eigenvalue weighted by atomic mass is 16.2. The third-order valence-corrected chi connectivity index (χ3v) is 3.04. The topological polar surface area (TPSA) is 58.2 Å². The third kappa shape index (κ3) is 2.49. The van der Waals surface area contributed by atoms with E-state index in [9.17, 15) is 9.59 Å². The Balaban J connectivity index is 2.71. The van der Waals surface area contributed by atoms with E-state index < -0.39 is 0 Å². The summed E-state index contributed by atoms with van der Waals surface area (Å²) in [5.74, 6) is 0.200. The van der Waals surface area contributed by atoms with Crippen LogP contribution in [0.5, 0.6) is 0 Å². The Labute approximate surface area is 90.8 Å². The number of rotatable bonds is 3. The molecule has 86 valence electrons. The molecule has 0 aromatic heterocycles. The van der Waals surface area contributed by atoms with Crippen molar-refractivity contribution in [2.75, 3.05) is 0 Å². The number of carbonyl (C=O) groups is 2. The second-order valence-electron chi connectivity index (χ2n) is 4.60. The highest BCUT2D eigenvalue weighted by Gasteiger charge is 2.37. The first-order valence-corrected chi connectivity index (χ1v) is 5.58. The molecule has 0 aromatic rings. The van der Waals surface area contributed by atoms with E-state index >= 15 is 0 Å². The van der Waals surface area contributed by atoms with Crippen LogP contribution in [-0.2, 0) is 9.59 Å². The van der Waals surface area contributed by atoms with E-state index in [2.05, 4.69) is 10.6 Å². The van der Waals surface area contributed by atoms with Crippen molar-refractivity contribution in [3.05, 3.63) is 0 Å². The first kappa shape index (κ1) is 12.0. The van der Waals surface area contributed by atoms with Crippen LogP contribution in [-0.4, -0.2) is 23.9 Å². The zero-order valence-electron chi connectivity index (χ0n) is 9.83. The van der Waals surface area contributed by atoms with Gasteiger partial charge in [0.05, 0.1) is 0 Å². The number of nitrogens with one attached hydrogen (secondary N) is 2. The van der Waals surface area contributed by atoms with Gasteiger partial charge in [0.2, 0.25) is 11.8 Å². The van der Waals surface area contributed by atoms with Crippen LogP contribution in [0.2, 0.25) is 0 Å². The molecular weight excluding hydrogens is 192 g/mol. The predicted molar refractivity (Wildman–Crippen MR) is 58.2 cm³/mol. The standard InChI is InChI=1S/C11H20N2O2/c1-5-7(4)9-11(15)12-8(6(2)3)10(14)13-9/h6-9H,5H2,1-4H3,(H,12,15)(H,13,14)/t7-,8+,9+/m1/s1. The maximum atomic E-state index is 11.7. The average Bonchev–Trinajstić information content (AvgIpc) is 2.19. The maximum Gasteiger partial charge on any atom is 0.243 e. The molecule has 2 amide bonds.